The number of fused-ring (bicyclic) bond motifs is 3. The van der Waals surface area contributed by atoms with E-state index in [9.17, 15) is 13.2 Å². The summed E-state index contributed by atoms with van der Waals surface area (Å²) in [6.07, 6.45) is 8.97. The molecule has 4 heterocycles. The van der Waals surface area contributed by atoms with Crippen LogP contribution in [0.15, 0.2) is 77.6 Å². The summed E-state index contributed by atoms with van der Waals surface area (Å²) in [4.78, 5) is 23.2. The number of thiazole rings is 1. The highest BCUT2D eigenvalue weighted by molar-refractivity contribution is 7.88. The summed E-state index contributed by atoms with van der Waals surface area (Å²) in [7, 11) is -1.83. The minimum atomic E-state index is -3.65. The normalized spacial score (nSPS) is 12.1. The van der Waals surface area contributed by atoms with Gasteiger partial charge in [0.25, 0.3) is 0 Å². The molecule has 0 unspecified atom stereocenters. The second-order valence-corrected chi connectivity index (χ2v) is 11.2. The van der Waals surface area contributed by atoms with Crippen molar-refractivity contribution in [1.82, 2.24) is 28.9 Å². The zero-order valence-corrected chi connectivity index (χ0v) is 20.8. The van der Waals surface area contributed by atoms with Gasteiger partial charge in [0.1, 0.15) is 0 Å². The van der Waals surface area contributed by atoms with Crippen molar-refractivity contribution in [2.24, 2.45) is 7.05 Å². The van der Waals surface area contributed by atoms with Crippen LogP contribution in [0.1, 0.15) is 11.3 Å². The Kier molecular flexibility index (Phi) is 5.40. The van der Waals surface area contributed by atoms with Crippen molar-refractivity contribution in [3.63, 3.8) is 0 Å². The lowest BCUT2D eigenvalue weighted by Crippen LogP contribution is -2.24. The molecule has 0 radical (unpaired) electrons. The van der Waals surface area contributed by atoms with Crippen molar-refractivity contribution in [2.45, 2.75) is 12.3 Å². The number of hydrogen-bond acceptors (Lipinski definition) is 7. The number of benzene rings is 1. The Hall–Kier alpha value is -3.93. The van der Waals surface area contributed by atoms with Gasteiger partial charge in [-0.2, -0.15) is 5.10 Å². The summed E-state index contributed by atoms with van der Waals surface area (Å²) in [5.41, 5.74) is 3.18. The standard InChI is InChI=1S/C25H20N6O3S2/c1-30-13-19(11-27-30)18-9-22-23(26-10-18)5-4-17-3-2-16(8-21(17)24(22)32)15-36(33,34)28-12-20-14-31-6-7-35-25(31)29-20/h2-11,13-14,28H,12,15H2,1H3. The molecule has 0 spiro atoms. The van der Waals surface area contributed by atoms with Gasteiger partial charge in [-0.05, 0) is 29.1 Å². The summed E-state index contributed by atoms with van der Waals surface area (Å²) in [5, 5.41) is 7.73. The van der Waals surface area contributed by atoms with Gasteiger partial charge in [-0.25, -0.2) is 18.1 Å². The Morgan fingerprint density at radius 2 is 1.89 bits per heavy atom. The van der Waals surface area contributed by atoms with Crippen LogP contribution >= 0.6 is 11.3 Å². The number of aryl methyl sites for hydroxylation is 1. The first kappa shape index (κ1) is 22.5. The fourth-order valence-electron chi connectivity index (χ4n) is 4.18. The van der Waals surface area contributed by atoms with E-state index in [1.807, 2.05) is 41.4 Å². The highest BCUT2D eigenvalue weighted by Crippen LogP contribution is 2.22. The Bertz CT molecular complexity index is 1910. The van der Waals surface area contributed by atoms with Crippen molar-refractivity contribution < 1.29 is 8.42 Å². The second kappa shape index (κ2) is 8.63. The zero-order chi connectivity index (χ0) is 24.9. The third kappa shape index (κ3) is 4.28. The van der Waals surface area contributed by atoms with Crippen molar-refractivity contribution in [3.05, 3.63) is 94.2 Å². The average Bonchev–Trinajstić information content (AvgIpc) is 3.56. The fourth-order valence-corrected chi connectivity index (χ4v) is 5.99. The summed E-state index contributed by atoms with van der Waals surface area (Å²) in [6, 6.07) is 10.6. The van der Waals surface area contributed by atoms with E-state index in [2.05, 4.69) is 19.8 Å². The molecular formula is C25H20N6O3S2. The summed E-state index contributed by atoms with van der Waals surface area (Å²) >= 11 is 1.48. The predicted octanol–water partition coefficient (Wildman–Crippen LogP) is 3.48. The first-order chi connectivity index (χ1) is 17.3. The lowest BCUT2D eigenvalue weighted by Gasteiger charge is -2.06. The molecule has 0 atom stereocenters. The van der Waals surface area contributed by atoms with E-state index in [-0.39, 0.29) is 17.7 Å². The number of sulfonamides is 1. The lowest BCUT2D eigenvalue weighted by molar-refractivity contribution is 0.580. The highest BCUT2D eigenvalue weighted by atomic mass is 32.2. The van der Waals surface area contributed by atoms with Crippen LogP contribution < -0.4 is 10.2 Å². The highest BCUT2D eigenvalue weighted by Gasteiger charge is 2.14. The van der Waals surface area contributed by atoms with E-state index in [0.717, 1.165) is 16.1 Å². The molecule has 0 aliphatic heterocycles. The van der Waals surface area contributed by atoms with Gasteiger partial charge < -0.3 is 0 Å². The van der Waals surface area contributed by atoms with Crippen LogP contribution in [0.2, 0.25) is 0 Å². The maximum absolute atomic E-state index is 13.5. The van der Waals surface area contributed by atoms with Gasteiger partial charge in [-0.15, -0.1) is 11.3 Å². The molecule has 0 amide bonds. The quantitative estimate of drug-likeness (QED) is 0.363. The van der Waals surface area contributed by atoms with Crippen molar-refractivity contribution in [2.75, 3.05) is 0 Å². The Morgan fingerprint density at radius 1 is 1.03 bits per heavy atom. The lowest BCUT2D eigenvalue weighted by atomic mass is 10.1. The van der Waals surface area contributed by atoms with Crippen molar-refractivity contribution in [3.8, 4) is 11.1 Å². The van der Waals surface area contributed by atoms with Crippen LogP contribution in [0.25, 0.3) is 37.8 Å². The molecule has 180 valence electrons. The molecule has 9 nitrogen and oxygen atoms in total. The Morgan fingerprint density at radius 3 is 2.69 bits per heavy atom. The largest absolute Gasteiger partial charge is 0.297 e. The first-order valence-electron chi connectivity index (χ1n) is 11.1. The smallest absolute Gasteiger partial charge is 0.216 e. The van der Waals surface area contributed by atoms with Crippen LogP contribution in [0.3, 0.4) is 0 Å². The Balaban J connectivity index is 1.33. The summed E-state index contributed by atoms with van der Waals surface area (Å²) < 4.78 is 31.7. The molecular weight excluding hydrogens is 496 g/mol. The molecule has 36 heavy (non-hydrogen) atoms. The molecule has 0 aliphatic rings. The number of nitrogens with zero attached hydrogens (tertiary/aromatic N) is 5. The van der Waals surface area contributed by atoms with Crippen LogP contribution in [-0.2, 0) is 29.4 Å². The topological polar surface area (TPSA) is 111 Å². The first-order valence-corrected chi connectivity index (χ1v) is 13.6. The zero-order valence-electron chi connectivity index (χ0n) is 19.1. The molecule has 2 aromatic carbocycles. The molecule has 6 rings (SSSR count). The number of nitrogens with one attached hydrogen (secondary N) is 1. The number of rotatable bonds is 6. The van der Waals surface area contributed by atoms with E-state index in [0.29, 0.717) is 32.9 Å². The van der Waals surface area contributed by atoms with Crippen LogP contribution in [0, 0.1) is 0 Å². The molecule has 6 aromatic rings. The molecule has 0 saturated heterocycles. The Labute approximate surface area is 209 Å². The van der Waals surface area contributed by atoms with E-state index in [1.165, 1.54) is 11.3 Å². The van der Waals surface area contributed by atoms with E-state index in [4.69, 9.17) is 0 Å². The second-order valence-electron chi connectivity index (χ2n) is 8.55. The molecule has 0 bridgehead atoms. The van der Waals surface area contributed by atoms with Crippen LogP contribution in [0.4, 0.5) is 0 Å². The number of imidazole rings is 1. The maximum Gasteiger partial charge on any atom is 0.216 e. The third-order valence-corrected chi connectivity index (χ3v) is 8.03. The van der Waals surface area contributed by atoms with Crippen molar-refractivity contribution >= 4 is 48.0 Å². The van der Waals surface area contributed by atoms with Gasteiger partial charge in [0.15, 0.2) is 10.4 Å². The van der Waals surface area contributed by atoms with Gasteiger partial charge in [0.2, 0.25) is 10.0 Å². The summed E-state index contributed by atoms with van der Waals surface area (Å²) in [5.74, 6) is -0.250. The van der Waals surface area contributed by atoms with Crippen molar-refractivity contribution in [1.29, 1.82) is 0 Å². The maximum atomic E-state index is 13.5. The molecule has 0 saturated carbocycles. The van der Waals surface area contributed by atoms with Gasteiger partial charge in [-0.3, -0.25) is 18.9 Å². The van der Waals surface area contributed by atoms with Gasteiger partial charge in [0.05, 0.1) is 29.7 Å². The predicted molar refractivity (Wildman–Crippen MR) is 140 cm³/mol. The molecule has 1 N–H and O–H groups in total. The van der Waals surface area contributed by atoms with Gasteiger partial charge >= 0.3 is 0 Å². The number of pyridine rings is 1. The number of hydrogen-bond donors (Lipinski definition) is 1. The number of aromatic nitrogens is 5. The van der Waals surface area contributed by atoms with Crippen LogP contribution in [-0.4, -0.2) is 32.6 Å². The molecule has 4 aromatic heterocycles. The minimum Gasteiger partial charge on any atom is -0.297 e. The molecule has 0 aliphatic carbocycles. The fraction of sp³-hybridized carbons (Fsp3) is 0.120. The molecule has 0 fully saturated rings. The summed E-state index contributed by atoms with van der Waals surface area (Å²) in [6.45, 7) is 0.0967. The monoisotopic (exact) mass is 516 g/mol. The third-order valence-electron chi connectivity index (χ3n) is 5.96. The van der Waals surface area contributed by atoms with E-state index >= 15 is 0 Å². The SMILES string of the molecule is Cn1cc(-c2cnc3ccc4ccc(CS(=O)(=O)NCc5cn6ccsc6n5)cc4c(=O)c3c2)cn1. The molecule has 11 heteroatoms. The average molecular weight is 517 g/mol. The van der Waals surface area contributed by atoms with E-state index in [1.54, 1.807) is 47.5 Å². The van der Waals surface area contributed by atoms with E-state index < -0.39 is 10.0 Å². The van der Waals surface area contributed by atoms with Crippen LogP contribution in [0.5, 0.6) is 0 Å². The van der Waals surface area contributed by atoms with Gasteiger partial charge in [0, 0.05) is 59.1 Å². The van der Waals surface area contributed by atoms with Gasteiger partial charge in [-0.1, -0.05) is 18.2 Å². The minimum absolute atomic E-state index is 0.0967.